The highest BCUT2D eigenvalue weighted by molar-refractivity contribution is 5.26. The molecule has 182 valence electrons. The highest BCUT2D eigenvalue weighted by Crippen LogP contribution is 2.59. The van der Waals surface area contributed by atoms with Crippen molar-refractivity contribution in [3.8, 4) is 0 Å². The molecule has 4 fully saturated rings. The summed E-state index contributed by atoms with van der Waals surface area (Å²) in [5.74, 6) is 2.35. The van der Waals surface area contributed by atoms with Gasteiger partial charge in [0.25, 0.3) is 0 Å². The molecule has 0 bridgehead atoms. The minimum atomic E-state index is -0.375. The Hall–Kier alpha value is -0.680. The Labute approximate surface area is 196 Å². The maximum absolute atomic E-state index is 10.0. The van der Waals surface area contributed by atoms with Gasteiger partial charge in [0.2, 0.25) is 0 Å². The van der Waals surface area contributed by atoms with Crippen LogP contribution in [0.2, 0.25) is 0 Å². The van der Waals surface area contributed by atoms with Crippen molar-refractivity contribution in [1.82, 2.24) is 9.80 Å². The van der Waals surface area contributed by atoms with Crippen molar-refractivity contribution in [3.05, 3.63) is 23.3 Å². The lowest BCUT2D eigenvalue weighted by Crippen LogP contribution is -2.50. The first-order chi connectivity index (χ1) is 15.3. The first-order valence-corrected chi connectivity index (χ1v) is 13.4. The van der Waals surface area contributed by atoms with Gasteiger partial charge in [0.15, 0.2) is 0 Å². The molecular weight excluding hydrogens is 396 g/mol. The third-order valence-electron chi connectivity index (χ3n) is 9.64. The van der Waals surface area contributed by atoms with E-state index in [1.54, 1.807) is 5.57 Å². The number of allylic oxidation sites excluding steroid dienone is 3. The predicted octanol–water partition coefficient (Wildman–Crippen LogP) is 4.62. The maximum Gasteiger partial charge on any atom is 0.0602 e. The molecule has 0 aromatic rings. The summed E-state index contributed by atoms with van der Waals surface area (Å²) in [4.78, 5) is 5.18. The summed E-state index contributed by atoms with van der Waals surface area (Å²) in [5.41, 5.74) is 3.31. The molecule has 3 aliphatic carbocycles. The van der Waals surface area contributed by atoms with E-state index in [2.05, 4.69) is 49.8 Å². The van der Waals surface area contributed by atoms with Gasteiger partial charge in [0.1, 0.15) is 0 Å². The van der Waals surface area contributed by atoms with Gasteiger partial charge in [-0.15, -0.1) is 0 Å². The Morgan fingerprint density at radius 2 is 1.88 bits per heavy atom. The number of likely N-dealkylation sites (N-methyl/N-ethyl adjacent to an activating group) is 1. The molecule has 0 aromatic carbocycles. The van der Waals surface area contributed by atoms with E-state index in [1.165, 1.54) is 70.3 Å². The third-order valence-corrected chi connectivity index (χ3v) is 9.64. The van der Waals surface area contributed by atoms with Crippen LogP contribution >= 0.6 is 0 Å². The van der Waals surface area contributed by atoms with E-state index >= 15 is 0 Å². The molecule has 1 heterocycles. The first kappa shape index (κ1) is 24.4. The molecule has 4 rings (SSSR count). The third kappa shape index (κ3) is 5.35. The predicted molar refractivity (Wildman–Crippen MR) is 133 cm³/mol. The molecule has 1 saturated heterocycles. The molecule has 0 aromatic heterocycles. The van der Waals surface area contributed by atoms with Crippen molar-refractivity contribution in [2.45, 2.75) is 96.8 Å². The molecule has 0 amide bonds. The van der Waals surface area contributed by atoms with Crippen LogP contribution in [0.1, 0.15) is 78.6 Å². The Bertz CT molecular complexity index is 692. The van der Waals surface area contributed by atoms with Gasteiger partial charge in [-0.3, -0.25) is 4.90 Å². The van der Waals surface area contributed by atoms with Crippen molar-refractivity contribution in [3.63, 3.8) is 0 Å². The minimum Gasteiger partial charge on any atom is -0.393 e. The van der Waals surface area contributed by atoms with Gasteiger partial charge < -0.3 is 15.1 Å². The Morgan fingerprint density at radius 3 is 2.59 bits per heavy atom. The zero-order valence-corrected chi connectivity index (χ0v) is 21.1. The summed E-state index contributed by atoms with van der Waals surface area (Å²) in [5, 5.41) is 20.0. The SMILES string of the molecule is C[C@H](CCN1CCN(C)C[C@@H]1C)[C@H]1CC[C@H]2/C(=C/C=C3C[C@@H](O)C[C@H](O)C3)CCC[C@]12C. The van der Waals surface area contributed by atoms with Crippen LogP contribution in [-0.4, -0.2) is 71.5 Å². The molecule has 32 heavy (non-hydrogen) atoms. The van der Waals surface area contributed by atoms with Crippen molar-refractivity contribution < 1.29 is 10.2 Å². The van der Waals surface area contributed by atoms with Gasteiger partial charge in [-0.1, -0.05) is 37.1 Å². The van der Waals surface area contributed by atoms with Crippen LogP contribution in [0, 0.1) is 23.2 Å². The Balaban J connectivity index is 1.38. The molecule has 0 spiro atoms. The average molecular weight is 445 g/mol. The van der Waals surface area contributed by atoms with Crippen molar-refractivity contribution >= 4 is 0 Å². The summed E-state index contributed by atoms with van der Waals surface area (Å²) in [7, 11) is 2.25. The van der Waals surface area contributed by atoms with Crippen molar-refractivity contribution in [2.75, 3.05) is 33.2 Å². The lowest BCUT2D eigenvalue weighted by atomic mass is 9.61. The summed E-state index contributed by atoms with van der Waals surface area (Å²) >= 11 is 0. The van der Waals surface area contributed by atoms with E-state index in [9.17, 15) is 10.2 Å². The summed E-state index contributed by atoms with van der Waals surface area (Å²) in [6, 6.07) is 0.682. The number of fused-ring (bicyclic) bond motifs is 1. The van der Waals surface area contributed by atoms with Crippen LogP contribution < -0.4 is 0 Å². The van der Waals surface area contributed by atoms with E-state index in [4.69, 9.17) is 0 Å². The lowest BCUT2D eigenvalue weighted by Gasteiger charge is -2.45. The largest absolute Gasteiger partial charge is 0.393 e. The fourth-order valence-electron chi connectivity index (χ4n) is 7.82. The summed E-state index contributed by atoms with van der Waals surface area (Å²) < 4.78 is 0. The average Bonchev–Trinajstić information content (AvgIpc) is 3.08. The lowest BCUT2D eigenvalue weighted by molar-refractivity contribution is 0.0608. The zero-order chi connectivity index (χ0) is 22.9. The number of hydrogen-bond acceptors (Lipinski definition) is 4. The standard InChI is InChI=1S/C28H48N2O2/c1-20(11-13-30-15-14-29(4)19-21(30)2)26-9-10-27-23(6-5-12-28(26,27)3)8-7-22-16-24(31)18-25(32)17-22/h7-8,20-21,24-27,31-32H,5-6,9-19H2,1-4H3/b23-8+/t20-,21+,24-,25-,26-,27+,28-/m1/s1. The first-order valence-electron chi connectivity index (χ1n) is 13.4. The molecule has 4 nitrogen and oxygen atoms in total. The molecule has 1 aliphatic heterocycles. The molecule has 4 heteroatoms. The van der Waals surface area contributed by atoms with E-state index in [-0.39, 0.29) is 12.2 Å². The molecular formula is C28H48N2O2. The maximum atomic E-state index is 10.0. The second kappa shape index (κ2) is 10.3. The van der Waals surface area contributed by atoms with Crippen LogP contribution in [0.3, 0.4) is 0 Å². The Kier molecular flexibility index (Phi) is 7.86. The molecule has 4 aliphatic rings. The van der Waals surface area contributed by atoms with E-state index in [0.29, 0.717) is 17.9 Å². The second-order valence-corrected chi connectivity index (χ2v) is 12.0. The number of hydrogen-bond donors (Lipinski definition) is 2. The second-order valence-electron chi connectivity index (χ2n) is 12.0. The zero-order valence-electron chi connectivity index (χ0n) is 21.1. The molecule has 0 radical (unpaired) electrons. The number of aliphatic hydroxyl groups is 2. The van der Waals surface area contributed by atoms with Gasteiger partial charge in [0, 0.05) is 25.7 Å². The summed E-state index contributed by atoms with van der Waals surface area (Å²) in [6.45, 7) is 12.4. The molecule has 7 atom stereocenters. The van der Waals surface area contributed by atoms with E-state index in [1.807, 2.05) is 0 Å². The monoisotopic (exact) mass is 444 g/mol. The van der Waals surface area contributed by atoms with Gasteiger partial charge in [-0.05, 0) is 101 Å². The minimum absolute atomic E-state index is 0.375. The molecule has 3 saturated carbocycles. The van der Waals surface area contributed by atoms with Gasteiger partial charge in [-0.25, -0.2) is 0 Å². The van der Waals surface area contributed by atoms with Crippen molar-refractivity contribution in [1.29, 1.82) is 0 Å². The van der Waals surface area contributed by atoms with Crippen LogP contribution in [0.15, 0.2) is 23.3 Å². The number of rotatable bonds is 5. The quantitative estimate of drug-likeness (QED) is 0.649. The van der Waals surface area contributed by atoms with Crippen molar-refractivity contribution in [2.24, 2.45) is 23.2 Å². The fraction of sp³-hybridized carbons (Fsp3) is 0.857. The molecule has 2 N–H and O–H groups in total. The van der Waals surface area contributed by atoms with Crippen LogP contribution in [0.4, 0.5) is 0 Å². The summed E-state index contributed by atoms with van der Waals surface area (Å²) in [6.07, 6.45) is 13.9. The van der Waals surface area contributed by atoms with Gasteiger partial charge in [0.05, 0.1) is 12.2 Å². The van der Waals surface area contributed by atoms with Gasteiger partial charge in [-0.2, -0.15) is 0 Å². The highest BCUT2D eigenvalue weighted by atomic mass is 16.3. The van der Waals surface area contributed by atoms with E-state index in [0.717, 1.165) is 30.6 Å². The normalized spacial score (nSPS) is 41.6. The van der Waals surface area contributed by atoms with Crippen LogP contribution in [0.5, 0.6) is 0 Å². The van der Waals surface area contributed by atoms with Crippen LogP contribution in [-0.2, 0) is 0 Å². The number of aliphatic hydroxyl groups excluding tert-OH is 2. The van der Waals surface area contributed by atoms with E-state index < -0.39 is 0 Å². The number of piperazine rings is 1. The topological polar surface area (TPSA) is 46.9 Å². The Morgan fingerprint density at radius 1 is 1.12 bits per heavy atom. The van der Waals surface area contributed by atoms with Crippen LogP contribution in [0.25, 0.3) is 0 Å². The highest BCUT2D eigenvalue weighted by Gasteiger charge is 2.50. The number of nitrogens with zero attached hydrogens (tertiary/aromatic N) is 2. The van der Waals surface area contributed by atoms with Gasteiger partial charge >= 0.3 is 0 Å². The molecule has 0 unspecified atom stereocenters. The fourth-order valence-corrected chi connectivity index (χ4v) is 7.82. The smallest absolute Gasteiger partial charge is 0.0602 e.